The van der Waals surface area contributed by atoms with Crippen LogP contribution in [0, 0.1) is 11.8 Å². The average molecular weight is 197 g/mol. The largest absolute Gasteiger partial charge is 0.395 e. The number of β-amino-alcohol motifs (C(OH)–C–C–N with tert-alkyl or cyclic N) is 1. The number of hydrogen-bond donors (Lipinski definition) is 1. The van der Waals surface area contributed by atoms with Crippen LogP contribution in [0.25, 0.3) is 0 Å². The fourth-order valence-corrected chi connectivity index (χ4v) is 2.98. The molecular weight excluding hydrogens is 174 g/mol. The van der Waals surface area contributed by atoms with Crippen molar-refractivity contribution in [2.24, 2.45) is 11.8 Å². The summed E-state index contributed by atoms with van der Waals surface area (Å²) >= 11 is 0. The SMILES string of the molecule is CC(C)[C@@H]1CCN(CCO)C2(CC2)C1. The highest BCUT2D eigenvalue weighted by molar-refractivity contribution is 5.07. The van der Waals surface area contributed by atoms with Gasteiger partial charge in [-0.15, -0.1) is 0 Å². The van der Waals surface area contributed by atoms with Crippen molar-refractivity contribution in [1.82, 2.24) is 4.90 Å². The third-order valence-corrected chi connectivity index (χ3v) is 4.22. The first-order valence-electron chi connectivity index (χ1n) is 6.04. The fourth-order valence-electron chi connectivity index (χ4n) is 2.98. The number of likely N-dealkylation sites (tertiary alicyclic amines) is 1. The summed E-state index contributed by atoms with van der Waals surface area (Å²) in [5, 5.41) is 9.01. The molecule has 0 aromatic rings. The molecule has 0 radical (unpaired) electrons. The molecule has 1 aliphatic heterocycles. The average Bonchev–Trinajstić information content (AvgIpc) is 2.90. The molecule has 0 bridgehead atoms. The van der Waals surface area contributed by atoms with Gasteiger partial charge in [0.05, 0.1) is 6.61 Å². The van der Waals surface area contributed by atoms with E-state index in [9.17, 15) is 0 Å². The van der Waals surface area contributed by atoms with Gasteiger partial charge < -0.3 is 5.11 Å². The van der Waals surface area contributed by atoms with Crippen molar-refractivity contribution in [2.75, 3.05) is 19.7 Å². The zero-order chi connectivity index (χ0) is 10.2. The van der Waals surface area contributed by atoms with Gasteiger partial charge in [-0.3, -0.25) is 4.90 Å². The van der Waals surface area contributed by atoms with E-state index in [4.69, 9.17) is 5.11 Å². The van der Waals surface area contributed by atoms with Crippen LogP contribution in [-0.4, -0.2) is 35.2 Å². The normalized spacial score (nSPS) is 31.3. The molecule has 1 N–H and O–H groups in total. The topological polar surface area (TPSA) is 23.5 Å². The Morgan fingerprint density at radius 2 is 2.14 bits per heavy atom. The molecule has 2 heteroatoms. The Hall–Kier alpha value is -0.0800. The maximum Gasteiger partial charge on any atom is 0.0558 e. The number of hydrogen-bond acceptors (Lipinski definition) is 2. The molecule has 2 aliphatic rings. The second kappa shape index (κ2) is 3.82. The van der Waals surface area contributed by atoms with E-state index < -0.39 is 0 Å². The van der Waals surface area contributed by atoms with Crippen LogP contribution < -0.4 is 0 Å². The number of nitrogens with zero attached hydrogens (tertiary/aromatic N) is 1. The maximum atomic E-state index is 9.01. The zero-order valence-corrected chi connectivity index (χ0v) is 9.50. The van der Waals surface area contributed by atoms with Crippen LogP contribution in [0.4, 0.5) is 0 Å². The number of aliphatic hydroxyl groups is 1. The minimum Gasteiger partial charge on any atom is -0.395 e. The summed E-state index contributed by atoms with van der Waals surface area (Å²) < 4.78 is 0. The van der Waals surface area contributed by atoms with Gasteiger partial charge in [-0.05, 0) is 44.1 Å². The van der Waals surface area contributed by atoms with Gasteiger partial charge in [-0.25, -0.2) is 0 Å². The quantitative estimate of drug-likeness (QED) is 0.746. The molecule has 2 fully saturated rings. The Bertz CT molecular complexity index is 198. The molecule has 1 saturated heterocycles. The first-order chi connectivity index (χ1) is 6.68. The van der Waals surface area contributed by atoms with Crippen molar-refractivity contribution in [3.05, 3.63) is 0 Å². The molecule has 0 unspecified atom stereocenters. The van der Waals surface area contributed by atoms with E-state index in [0.717, 1.165) is 18.4 Å². The lowest BCUT2D eigenvalue weighted by molar-refractivity contribution is 0.0602. The van der Waals surface area contributed by atoms with E-state index in [-0.39, 0.29) is 0 Å². The summed E-state index contributed by atoms with van der Waals surface area (Å²) in [6.45, 7) is 7.13. The van der Waals surface area contributed by atoms with Crippen LogP contribution in [0.5, 0.6) is 0 Å². The monoisotopic (exact) mass is 197 g/mol. The molecule has 14 heavy (non-hydrogen) atoms. The highest BCUT2D eigenvalue weighted by atomic mass is 16.3. The predicted octanol–water partition coefficient (Wildman–Crippen LogP) is 1.88. The molecule has 1 spiro atoms. The Kier molecular flexibility index (Phi) is 2.85. The highest BCUT2D eigenvalue weighted by Crippen LogP contribution is 2.51. The molecule has 1 atom stereocenters. The molecule has 1 aliphatic carbocycles. The second-order valence-electron chi connectivity index (χ2n) is 5.43. The first kappa shape index (κ1) is 10.4. The van der Waals surface area contributed by atoms with Crippen molar-refractivity contribution in [3.8, 4) is 0 Å². The lowest BCUT2D eigenvalue weighted by atomic mass is 9.81. The van der Waals surface area contributed by atoms with Gasteiger partial charge in [0.15, 0.2) is 0 Å². The van der Waals surface area contributed by atoms with Crippen molar-refractivity contribution in [2.45, 2.75) is 45.1 Å². The first-order valence-corrected chi connectivity index (χ1v) is 6.04. The van der Waals surface area contributed by atoms with E-state index >= 15 is 0 Å². The van der Waals surface area contributed by atoms with Gasteiger partial charge in [0.1, 0.15) is 0 Å². The Morgan fingerprint density at radius 1 is 1.43 bits per heavy atom. The molecule has 82 valence electrons. The minimum absolute atomic E-state index is 0.327. The van der Waals surface area contributed by atoms with Gasteiger partial charge in [-0.1, -0.05) is 13.8 Å². The molecule has 1 heterocycles. The molecular formula is C12H23NO. The summed E-state index contributed by atoms with van der Waals surface area (Å²) in [6, 6.07) is 0. The third kappa shape index (κ3) is 1.82. The van der Waals surface area contributed by atoms with Gasteiger partial charge in [-0.2, -0.15) is 0 Å². The summed E-state index contributed by atoms with van der Waals surface area (Å²) in [4.78, 5) is 2.53. The van der Waals surface area contributed by atoms with Crippen molar-refractivity contribution in [1.29, 1.82) is 0 Å². The van der Waals surface area contributed by atoms with Gasteiger partial charge in [0.2, 0.25) is 0 Å². The van der Waals surface area contributed by atoms with Crippen LogP contribution in [0.1, 0.15) is 39.5 Å². The molecule has 0 amide bonds. The van der Waals surface area contributed by atoms with Crippen LogP contribution in [-0.2, 0) is 0 Å². The number of piperidine rings is 1. The number of rotatable bonds is 3. The lowest BCUT2D eigenvalue weighted by Gasteiger charge is -2.41. The van der Waals surface area contributed by atoms with Crippen LogP contribution in [0.2, 0.25) is 0 Å². The molecule has 2 rings (SSSR count). The van der Waals surface area contributed by atoms with E-state index in [1.165, 1.54) is 32.2 Å². The van der Waals surface area contributed by atoms with E-state index in [0.29, 0.717) is 12.1 Å². The summed E-state index contributed by atoms with van der Waals surface area (Å²) in [7, 11) is 0. The molecule has 1 saturated carbocycles. The van der Waals surface area contributed by atoms with Gasteiger partial charge >= 0.3 is 0 Å². The Balaban J connectivity index is 1.95. The summed E-state index contributed by atoms with van der Waals surface area (Å²) in [5.74, 6) is 1.76. The fraction of sp³-hybridized carbons (Fsp3) is 1.00. The predicted molar refractivity (Wildman–Crippen MR) is 58.2 cm³/mol. The Labute approximate surface area is 87.3 Å². The van der Waals surface area contributed by atoms with Crippen LogP contribution in [0.15, 0.2) is 0 Å². The zero-order valence-electron chi connectivity index (χ0n) is 9.50. The van der Waals surface area contributed by atoms with E-state index in [1.807, 2.05) is 0 Å². The summed E-state index contributed by atoms with van der Waals surface area (Å²) in [5.41, 5.74) is 0.524. The minimum atomic E-state index is 0.327. The van der Waals surface area contributed by atoms with Crippen LogP contribution in [0.3, 0.4) is 0 Å². The molecule has 0 aromatic heterocycles. The smallest absolute Gasteiger partial charge is 0.0558 e. The maximum absolute atomic E-state index is 9.01. The highest BCUT2D eigenvalue weighted by Gasteiger charge is 2.51. The molecule has 2 nitrogen and oxygen atoms in total. The second-order valence-corrected chi connectivity index (χ2v) is 5.43. The van der Waals surface area contributed by atoms with Gasteiger partial charge in [0.25, 0.3) is 0 Å². The van der Waals surface area contributed by atoms with Crippen molar-refractivity contribution in [3.63, 3.8) is 0 Å². The number of aliphatic hydroxyl groups excluding tert-OH is 1. The standard InChI is InChI=1S/C12H23NO/c1-10(2)11-3-6-13(7-8-14)12(9-11)4-5-12/h10-11,14H,3-9H2,1-2H3/t11-/m1/s1. The Morgan fingerprint density at radius 3 is 2.64 bits per heavy atom. The van der Waals surface area contributed by atoms with E-state index in [2.05, 4.69) is 18.7 Å². The van der Waals surface area contributed by atoms with Crippen LogP contribution >= 0.6 is 0 Å². The van der Waals surface area contributed by atoms with Crippen molar-refractivity contribution < 1.29 is 5.11 Å². The summed E-state index contributed by atoms with van der Waals surface area (Å²) in [6.07, 6.45) is 5.45. The molecule has 0 aromatic carbocycles. The third-order valence-electron chi connectivity index (χ3n) is 4.22. The van der Waals surface area contributed by atoms with Crippen molar-refractivity contribution >= 4 is 0 Å². The lowest BCUT2D eigenvalue weighted by Crippen LogP contribution is -2.46. The van der Waals surface area contributed by atoms with Gasteiger partial charge in [0, 0.05) is 12.1 Å². The van der Waals surface area contributed by atoms with E-state index in [1.54, 1.807) is 0 Å².